The van der Waals surface area contributed by atoms with Crippen LogP contribution in [0.5, 0.6) is 5.75 Å². The molecule has 0 aliphatic carbocycles. The predicted molar refractivity (Wildman–Crippen MR) is 99.0 cm³/mol. The van der Waals surface area contributed by atoms with Crippen molar-refractivity contribution in [1.82, 2.24) is 16.2 Å². The van der Waals surface area contributed by atoms with Gasteiger partial charge < -0.3 is 10.1 Å². The Kier molecular flexibility index (Phi) is 8.49. The summed E-state index contributed by atoms with van der Waals surface area (Å²) in [6, 6.07) is 3.71. The summed E-state index contributed by atoms with van der Waals surface area (Å²) in [5, 5.41) is 2.49. The van der Waals surface area contributed by atoms with Gasteiger partial charge in [-0.15, -0.1) is 0 Å². The number of nitrogens with one attached hydrogen (secondary N) is 3. The molecule has 0 aliphatic rings. The van der Waals surface area contributed by atoms with Gasteiger partial charge in [0.15, 0.2) is 11.7 Å². The lowest BCUT2D eigenvalue weighted by Gasteiger charge is -2.13. The Morgan fingerprint density at radius 1 is 1.22 bits per heavy atom. The molecule has 9 heteroatoms. The van der Waals surface area contributed by atoms with Gasteiger partial charge in [0.25, 0.3) is 5.91 Å². The maximum atomic E-state index is 11.7. The van der Waals surface area contributed by atoms with Gasteiger partial charge in [-0.25, -0.2) is 0 Å². The number of amides is 2. The maximum absolute atomic E-state index is 11.7. The Balaban J connectivity index is 2.41. The van der Waals surface area contributed by atoms with Crippen molar-refractivity contribution in [1.29, 1.82) is 0 Å². The van der Waals surface area contributed by atoms with Crippen molar-refractivity contribution in [2.24, 2.45) is 0 Å². The average molecular weight is 467 g/mol. The van der Waals surface area contributed by atoms with Gasteiger partial charge in [-0.1, -0.05) is 22.9 Å². The third kappa shape index (κ3) is 7.28. The largest absolute Gasteiger partial charge is 0.482 e. The molecule has 23 heavy (non-hydrogen) atoms. The highest BCUT2D eigenvalue weighted by Gasteiger charge is 2.10. The summed E-state index contributed by atoms with van der Waals surface area (Å²) >= 11 is 11.6. The quantitative estimate of drug-likeness (QED) is 0.459. The smallest absolute Gasteiger partial charge is 0.276 e. The molecule has 0 saturated carbocycles. The van der Waals surface area contributed by atoms with E-state index >= 15 is 0 Å². The number of carbonyl (C=O) groups is 2. The van der Waals surface area contributed by atoms with Crippen molar-refractivity contribution < 1.29 is 14.3 Å². The first-order chi connectivity index (χ1) is 10.8. The molecule has 1 aromatic carbocycles. The van der Waals surface area contributed by atoms with Crippen LogP contribution < -0.4 is 20.9 Å². The first-order valence-corrected chi connectivity index (χ1v) is 8.80. The number of hydrazine groups is 1. The van der Waals surface area contributed by atoms with Crippen molar-refractivity contribution in [2.45, 2.75) is 26.7 Å². The second-order valence-electron chi connectivity index (χ2n) is 4.62. The number of hydrogen-bond acceptors (Lipinski definition) is 4. The average Bonchev–Trinajstić information content (AvgIpc) is 2.44. The van der Waals surface area contributed by atoms with E-state index in [0.717, 1.165) is 20.9 Å². The third-order valence-electron chi connectivity index (χ3n) is 2.59. The van der Waals surface area contributed by atoms with Crippen LogP contribution in [0, 0.1) is 6.92 Å². The minimum atomic E-state index is -0.425. The van der Waals surface area contributed by atoms with Gasteiger partial charge in [-0.3, -0.25) is 20.4 Å². The fourth-order valence-corrected chi connectivity index (χ4v) is 3.34. The van der Waals surface area contributed by atoms with Crippen LogP contribution in [0.3, 0.4) is 0 Å². The first-order valence-electron chi connectivity index (χ1n) is 6.80. The Morgan fingerprint density at radius 2 is 1.91 bits per heavy atom. The summed E-state index contributed by atoms with van der Waals surface area (Å²) in [6.45, 7) is 3.57. The minimum Gasteiger partial charge on any atom is -0.482 e. The number of carbonyl (C=O) groups excluding carboxylic acids is 2. The summed E-state index contributed by atoms with van der Waals surface area (Å²) in [5.74, 6) is -0.0431. The first kappa shape index (κ1) is 19.9. The second kappa shape index (κ2) is 9.84. The zero-order chi connectivity index (χ0) is 17.4. The van der Waals surface area contributed by atoms with Gasteiger partial charge >= 0.3 is 0 Å². The van der Waals surface area contributed by atoms with Crippen LogP contribution >= 0.6 is 44.1 Å². The van der Waals surface area contributed by atoms with Crippen molar-refractivity contribution >= 4 is 61.0 Å². The van der Waals surface area contributed by atoms with E-state index in [4.69, 9.17) is 17.0 Å². The van der Waals surface area contributed by atoms with Gasteiger partial charge in [0.1, 0.15) is 5.75 Å². The highest BCUT2D eigenvalue weighted by Crippen LogP contribution is 2.32. The fourth-order valence-electron chi connectivity index (χ4n) is 1.62. The second-order valence-corrected chi connectivity index (χ2v) is 6.80. The van der Waals surface area contributed by atoms with Crippen molar-refractivity contribution in [2.75, 3.05) is 6.61 Å². The van der Waals surface area contributed by atoms with Crippen LogP contribution in [0.4, 0.5) is 0 Å². The molecule has 1 aromatic rings. The van der Waals surface area contributed by atoms with E-state index in [1.54, 1.807) is 0 Å². The zero-order valence-corrected chi connectivity index (χ0v) is 16.7. The molecule has 1 rings (SSSR count). The highest BCUT2D eigenvalue weighted by atomic mass is 79.9. The molecule has 0 radical (unpaired) electrons. The van der Waals surface area contributed by atoms with E-state index in [9.17, 15) is 9.59 Å². The Labute approximate surface area is 157 Å². The van der Waals surface area contributed by atoms with E-state index in [2.05, 4.69) is 48.0 Å². The molecule has 0 aromatic heterocycles. The van der Waals surface area contributed by atoms with Crippen LogP contribution in [0.15, 0.2) is 21.1 Å². The normalized spacial score (nSPS) is 9.91. The Morgan fingerprint density at radius 3 is 2.52 bits per heavy atom. The van der Waals surface area contributed by atoms with Crippen LogP contribution in [-0.4, -0.2) is 23.5 Å². The lowest BCUT2D eigenvalue weighted by Crippen LogP contribution is -2.49. The van der Waals surface area contributed by atoms with Crippen LogP contribution in [0.25, 0.3) is 0 Å². The molecule has 0 heterocycles. The van der Waals surface area contributed by atoms with Gasteiger partial charge in [0, 0.05) is 10.9 Å². The maximum Gasteiger partial charge on any atom is 0.276 e. The fraction of sp³-hybridized carbons (Fsp3) is 0.357. The number of ether oxygens (including phenoxy) is 1. The number of hydrogen-bond donors (Lipinski definition) is 3. The topological polar surface area (TPSA) is 79.5 Å². The molecule has 2 amide bonds. The van der Waals surface area contributed by atoms with Crippen molar-refractivity contribution in [3.8, 4) is 5.75 Å². The number of aryl methyl sites for hydroxylation is 1. The molecule has 0 unspecified atom stereocenters. The molecule has 6 nitrogen and oxygen atoms in total. The highest BCUT2D eigenvalue weighted by molar-refractivity contribution is 9.11. The van der Waals surface area contributed by atoms with Gasteiger partial charge in [-0.05, 0) is 59.2 Å². The molecule has 0 spiro atoms. The zero-order valence-electron chi connectivity index (χ0n) is 12.7. The molecule has 0 saturated heterocycles. The number of thiocarbonyl (C=S) groups is 1. The van der Waals surface area contributed by atoms with Gasteiger partial charge in [-0.2, -0.15) is 0 Å². The molecule has 0 aliphatic heterocycles. The number of rotatable bonds is 5. The number of halogens is 2. The van der Waals surface area contributed by atoms with E-state index in [1.807, 2.05) is 26.0 Å². The third-order valence-corrected chi connectivity index (χ3v) is 3.84. The van der Waals surface area contributed by atoms with Crippen LogP contribution in [0.1, 0.15) is 25.3 Å². The Hall–Kier alpha value is -1.19. The minimum absolute atomic E-state index is 0.0396. The summed E-state index contributed by atoms with van der Waals surface area (Å²) in [4.78, 5) is 23.1. The van der Waals surface area contributed by atoms with E-state index in [1.165, 1.54) is 0 Å². The van der Waals surface area contributed by atoms with E-state index < -0.39 is 5.91 Å². The van der Waals surface area contributed by atoms with E-state index in [0.29, 0.717) is 12.2 Å². The molecular weight excluding hydrogens is 450 g/mol. The van der Waals surface area contributed by atoms with Gasteiger partial charge in [0.2, 0.25) is 5.91 Å². The van der Waals surface area contributed by atoms with Gasteiger partial charge in [0.05, 0.1) is 4.47 Å². The summed E-state index contributed by atoms with van der Waals surface area (Å²) in [5.41, 5.74) is 5.69. The molecule has 0 fully saturated rings. The summed E-state index contributed by atoms with van der Waals surface area (Å²) < 4.78 is 7.14. The lowest BCUT2D eigenvalue weighted by atomic mass is 10.2. The lowest BCUT2D eigenvalue weighted by molar-refractivity contribution is -0.124. The van der Waals surface area contributed by atoms with E-state index in [-0.39, 0.29) is 17.6 Å². The summed E-state index contributed by atoms with van der Waals surface area (Å²) in [6.07, 6.45) is 1.09. The SMILES string of the molecule is CCCC(=O)NC(=S)NNC(=O)COc1c(C)cc(Br)cc1Br. The molecule has 0 bridgehead atoms. The standard InChI is InChI=1S/C14H17Br2N3O3S/c1-3-4-11(20)17-14(23)19-18-12(21)7-22-13-8(2)5-9(15)6-10(13)16/h5-6H,3-4,7H2,1-2H3,(H,18,21)(H2,17,19,20,23). The molecule has 3 N–H and O–H groups in total. The Bertz CT molecular complexity index is 588. The molecular formula is C14H17Br2N3O3S. The van der Waals surface area contributed by atoms with Crippen molar-refractivity contribution in [3.05, 3.63) is 26.6 Å². The molecule has 126 valence electrons. The molecule has 0 atom stereocenters. The van der Waals surface area contributed by atoms with Crippen molar-refractivity contribution in [3.63, 3.8) is 0 Å². The summed E-state index contributed by atoms with van der Waals surface area (Å²) in [7, 11) is 0. The van der Waals surface area contributed by atoms with Crippen LogP contribution in [0.2, 0.25) is 0 Å². The number of benzene rings is 1. The van der Waals surface area contributed by atoms with Crippen LogP contribution in [-0.2, 0) is 9.59 Å². The monoisotopic (exact) mass is 465 g/mol. The predicted octanol–water partition coefficient (Wildman–Crippen LogP) is 2.72.